The first-order valence-corrected chi connectivity index (χ1v) is 12.1. The Kier molecular flexibility index (Phi) is 7.14. The lowest BCUT2D eigenvalue weighted by Crippen LogP contribution is -2.51. The molecule has 2 aromatic carbocycles. The van der Waals surface area contributed by atoms with Crippen LogP contribution in [-0.2, 0) is 15.6 Å². The molecule has 2 aromatic rings. The van der Waals surface area contributed by atoms with Gasteiger partial charge in [0, 0.05) is 21.9 Å². The number of ketones is 1. The van der Waals surface area contributed by atoms with E-state index in [4.69, 9.17) is 14.2 Å². The quantitative estimate of drug-likeness (QED) is 0.449. The van der Waals surface area contributed by atoms with Crippen LogP contribution in [0.4, 0.5) is 0 Å². The van der Waals surface area contributed by atoms with E-state index < -0.39 is 0 Å². The lowest BCUT2D eigenvalue weighted by molar-refractivity contribution is 0.0273. The lowest BCUT2D eigenvalue weighted by Gasteiger charge is -2.34. The Labute approximate surface area is 183 Å². The van der Waals surface area contributed by atoms with E-state index in [1.807, 2.05) is 48.5 Å². The lowest BCUT2D eigenvalue weighted by atomic mass is 9.87. The van der Waals surface area contributed by atoms with E-state index in [-0.39, 0.29) is 39.6 Å². The predicted molar refractivity (Wildman–Crippen MR) is 124 cm³/mol. The fourth-order valence-electron chi connectivity index (χ4n) is 4.00. The summed E-state index contributed by atoms with van der Waals surface area (Å²) in [4.78, 5) is 13.6. The molecular formula is C25H33O4S+. The highest BCUT2D eigenvalue weighted by Crippen LogP contribution is 2.34. The number of benzene rings is 2. The Hall–Kier alpha value is -1.98. The summed E-state index contributed by atoms with van der Waals surface area (Å²) in [5.41, 5.74) is 0.645. The van der Waals surface area contributed by atoms with Gasteiger partial charge in [-0.15, -0.1) is 0 Å². The number of carbonyl (C=O) groups is 1. The monoisotopic (exact) mass is 429 g/mol. The molecule has 162 valence electrons. The molecule has 0 aliphatic carbocycles. The highest BCUT2D eigenvalue weighted by Gasteiger charge is 2.48. The van der Waals surface area contributed by atoms with Gasteiger partial charge in [0.15, 0.2) is 5.25 Å². The van der Waals surface area contributed by atoms with Crippen molar-refractivity contribution >= 4 is 16.7 Å². The van der Waals surface area contributed by atoms with Crippen molar-refractivity contribution in [3.8, 4) is 17.2 Å². The molecule has 30 heavy (non-hydrogen) atoms. The summed E-state index contributed by atoms with van der Waals surface area (Å²) in [6.45, 7) is 10.8. The van der Waals surface area contributed by atoms with Crippen molar-refractivity contribution < 1.29 is 19.0 Å². The Morgan fingerprint density at radius 3 is 1.87 bits per heavy atom. The molecule has 0 N–H and O–H groups in total. The number of methoxy groups -OCH3 is 1. The Morgan fingerprint density at radius 2 is 1.40 bits per heavy atom. The molecule has 3 unspecified atom stereocenters. The number of Topliss-reactive ketones (excluding diaryl/α,β-unsaturated/α-hetero) is 1. The van der Waals surface area contributed by atoms with Crippen LogP contribution in [0.25, 0.3) is 0 Å². The first kappa shape index (κ1) is 22.7. The minimum absolute atomic E-state index is 0.000434. The van der Waals surface area contributed by atoms with Gasteiger partial charge in [-0.1, -0.05) is 20.8 Å². The molecule has 3 atom stereocenters. The van der Waals surface area contributed by atoms with Crippen LogP contribution in [-0.4, -0.2) is 41.9 Å². The zero-order chi connectivity index (χ0) is 21.9. The third-order valence-electron chi connectivity index (χ3n) is 5.15. The van der Waals surface area contributed by atoms with Gasteiger partial charge in [0.05, 0.1) is 19.3 Å². The molecule has 1 heterocycles. The molecular weight excluding hydrogens is 396 g/mol. The third-order valence-corrected chi connectivity index (χ3v) is 8.54. The van der Waals surface area contributed by atoms with Gasteiger partial charge in [-0.3, -0.25) is 4.79 Å². The van der Waals surface area contributed by atoms with E-state index in [9.17, 15) is 4.79 Å². The second-order valence-electron chi connectivity index (χ2n) is 9.04. The van der Waals surface area contributed by atoms with E-state index >= 15 is 0 Å². The summed E-state index contributed by atoms with van der Waals surface area (Å²) in [6, 6.07) is 15.0. The number of hydrogen-bond acceptors (Lipinski definition) is 4. The van der Waals surface area contributed by atoms with Gasteiger partial charge >= 0.3 is 0 Å². The highest BCUT2D eigenvalue weighted by atomic mass is 32.2. The maximum absolute atomic E-state index is 13.6. The van der Waals surface area contributed by atoms with Crippen LogP contribution in [0.2, 0.25) is 0 Å². The summed E-state index contributed by atoms with van der Waals surface area (Å²) in [5, 5.41) is -0.0142. The number of hydrogen-bond donors (Lipinski definition) is 0. The number of rotatable bonds is 6. The van der Waals surface area contributed by atoms with Gasteiger partial charge in [0.1, 0.15) is 28.8 Å². The van der Waals surface area contributed by atoms with Crippen molar-refractivity contribution in [2.75, 3.05) is 18.6 Å². The first-order chi connectivity index (χ1) is 14.2. The van der Waals surface area contributed by atoms with Crippen LogP contribution in [0.5, 0.6) is 17.2 Å². The molecule has 0 amide bonds. The van der Waals surface area contributed by atoms with Crippen LogP contribution in [0.1, 0.15) is 45.0 Å². The van der Waals surface area contributed by atoms with Gasteiger partial charge in [-0.25, -0.2) is 0 Å². The first-order valence-electron chi connectivity index (χ1n) is 10.5. The molecule has 0 bridgehead atoms. The smallest absolute Gasteiger partial charge is 0.215 e. The summed E-state index contributed by atoms with van der Waals surface area (Å²) in [6.07, 6.45) is 0.407. The van der Waals surface area contributed by atoms with E-state index in [0.717, 1.165) is 28.6 Å². The molecule has 1 saturated heterocycles. The van der Waals surface area contributed by atoms with E-state index in [1.54, 1.807) is 7.11 Å². The Balaban J connectivity index is 1.76. The molecule has 5 heteroatoms. The fraction of sp³-hybridized carbons (Fsp3) is 0.480. The van der Waals surface area contributed by atoms with Gasteiger partial charge in [0.25, 0.3) is 0 Å². The van der Waals surface area contributed by atoms with Crippen molar-refractivity contribution in [1.29, 1.82) is 0 Å². The van der Waals surface area contributed by atoms with Crippen molar-refractivity contribution in [3.05, 3.63) is 54.1 Å². The summed E-state index contributed by atoms with van der Waals surface area (Å²) in [7, 11) is 1.64. The SMILES string of the molecule is COc1ccc(Oc2ccc(C(=O)C([S+]3CC(C)OC(C)C3)C(C)(C)C)cc2)cc1. The summed E-state index contributed by atoms with van der Waals surface area (Å²) in [5.74, 6) is 4.36. The molecule has 1 aliphatic heterocycles. The molecule has 1 aliphatic rings. The van der Waals surface area contributed by atoms with E-state index in [0.29, 0.717) is 5.75 Å². The maximum atomic E-state index is 13.6. The average Bonchev–Trinajstić information content (AvgIpc) is 2.67. The predicted octanol–water partition coefficient (Wildman–Crippen LogP) is 5.51. The van der Waals surface area contributed by atoms with Crippen molar-refractivity contribution in [3.63, 3.8) is 0 Å². The Morgan fingerprint density at radius 1 is 0.933 bits per heavy atom. The van der Waals surface area contributed by atoms with Crippen LogP contribution >= 0.6 is 0 Å². The molecule has 3 rings (SSSR count). The fourth-order valence-corrected chi connectivity index (χ4v) is 7.32. The number of ether oxygens (including phenoxy) is 3. The van der Waals surface area contributed by atoms with Crippen LogP contribution < -0.4 is 9.47 Å². The standard InChI is InChI=1S/C25H33O4S/c1-17-15-30(16-18(2)28-17)24(25(3,4)5)23(26)19-7-9-21(10-8-19)29-22-13-11-20(27-6)12-14-22/h7-14,17-18,24H,15-16H2,1-6H3/q+1. The minimum atomic E-state index is -0.102. The van der Waals surface area contributed by atoms with E-state index in [1.165, 1.54) is 0 Å². The third kappa shape index (κ3) is 5.58. The van der Waals surface area contributed by atoms with Crippen LogP contribution in [0.3, 0.4) is 0 Å². The van der Waals surface area contributed by atoms with Crippen LogP contribution in [0.15, 0.2) is 48.5 Å². The van der Waals surface area contributed by atoms with Crippen molar-refractivity contribution in [2.45, 2.75) is 52.1 Å². The highest BCUT2D eigenvalue weighted by molar-refractivity contribution is 7.98. The second kappa shape index (κ2) is 9.44. The molecule has 1 fully saturated rings. The molecule has 0 spiro atoms. The van der Waals surface area contributed by atoms with Crippen molar-refractivity contribution in [1.82, 2.24) is 0 Å². The minimum Gasteiger partial charge on any atom is -0.497 e. The normalized spacial score (nSPS) is 22.9. The molecule has 0 aromatic heterocycles. The number of carbonyl (C=O) groups excluding carboxylic acids is 1. The van der Waals surface area contributed by atoms with Crippen LogP contribution in [0, 0.1) is 5.41 Å². The average molecular weight is 430 g/mol. The largest absolute Gasteiger partial charge is 0.497 e. The molecule has 4 nitrogen and oxygen atoms in total. The van der Waals surface area contributed by atoms with Gasteiger partial charge in [-0.05, 0) is 62.4 Å². The topological polar surface area (TPSA) is 44.8 Å². The second-order valence-corrected chi connectivity index (χ2v) is 11.3. The zero-order valence-corrected chi connectivity index (χ0v) is 19.6. The molecule has 0 radical (unpaired) electrons. The van der Waals surface area contributed by atoms with Gasteiger partial charge in [0.2, 0.25) is 5.78 Å². The van der Waals surface area contributed by atoms with Gasteiger partial charge < -0.3 is 14.2 Å². The summed E-state index contributed by atoms with van der Waals surface area (Å²) < 4.78 is 17.0. The summed E-state index contributed by atoms with van der Waals surface area (Å²) >= 11 is 0. The maximum Gasteiger partial charge on any atom is 0.215 e. The molecule has 0 saturated carbocycles. The van der Waals surface area contributed by atoms with Gasteiger partial charge in [-0.2, -0.15) is 0 Å². The van der Waals surface area contributed by atoms with Crippen molar-refractivity contribution in [2.24, 2.45) is 5.41 Å². The Bertz CT molecular complexity index is 829. The van der Waals surface area contributed by atoms with E-state index in [2.05, 4.69) is 34.6 Å². The zero-order valence-electron chi connectivity index (χ0n) is 18.8.